The number of hydrogen-bond donors (Lipinski definition) is 4. The van der Waals surface area contributed by atoms with Gasteiger partial charge in [-0.1, -0.05) is 12.1 Å². The lowest BCUT2D eigenvalue weighted by Crippen LogP contribution is -2.61. The van der Waals surface area contributed by atoms with E-state index < -0.39 is 34.1 Å². The highest BCUT2D eigenvalue weighted by molar-refractivity contribution is 7.80. The maximum Gasteiger partial charge on any atom is 0.418 e. The summed E-state index contributed by atoms with van der Waals surface area (Å²) < 4.78 is 40.9. The van der Waals surface area contributed by atoms with E-state index in [1.165, 1.54) is 0 Å². The number of nitrogens with one attached hydrogen (secondary N) is 2. The number of carbonyl (C=O) groups is 2. The number of piperidine rings is 1. The van der Waals surface area contributed by atoms with Gasteiger partial charge in [-0.3, -0.25) is 14.2 Å². The minimum Gasteiger partial charge on any atom is -0.492 e. The highest BCUT2D eigenvalue weighted by Gasteiger charge is 2.57. The van der Waals surface area contributed by atoms with Crippen LogP contribution in [0, 0.1) is 0 Å². The third kappa shape index (κ3) is 5.38. The van der Waals surface area contributed by atoms with Crippen LogP contribution in [-0.4, -0.2) is 84.0 Å². The van der Waals surface area contributed by atoms with Crippen LogP contribution < -0.4 is 15.4 Å². The Labute approximate surface area is 191 Å². The Kier molecular flexibility index (Phi) is 6.77. The van der Waals surface area contributed by atoms with Crippen molar-refractivity contribution in [3.05, 3.63) is 29.8 Å². The molecule has 1 aromatic carbocycles. The van der Waals surface area contributed by atoms with E-state index in [1.807, 2.05) is 24.3 Å². The second-order valence-electron chi connectivity index (χ2n) is 8.48. The van der Waals surface area contributed by atoms with Gasteiger partial charge in [0.25, 0.3) is 5.91 Å². The predicted molar refractivity (Wildman–Crippen MR) is 114 cm³/mol. The molecule has 4 N–H and O–H groups in total. The number of fused-ring (bicyclic) bond motifs is 2. The molecule has 3 aliphatic rings. The summed E-state index contributed by atoms with van der Waals surface area (Å²) in [6, 6.07) is 6.22. The van der Waals surface area contributed by atoms with Gasteiger partial charge in [0, 0.05) is 25.6 Å². The lowest BCUT2D eigenvalue weighted by molar-refractivity contribution is -0.160. The van der Waals surface area contributed by atoms with Crippen molar-refractivity contribution in [3.8, 4) is 5.75 Å². The zero-order chi connectivity index (χ0) is 23.6. The van der Waals surface area contributed by atoms with Gasteiger partial charge in [-0.15, -0.1) is 4.28 Å². The molecule has 33 heavy (non-hydrogen) atoms. The van der Waals surface area contributed by atoms with Crippen LogP contribution in [0.25, 0.3) is 0 Å². The minimum atomic E-state index is -4.91. The van der Waals surface area contributed by atoms with E-state index in [9.17, 15) is 23.1 Å². The molecule has 2 bridgehead atoms. The number of nitrogens with zero attached hydrogens (tertiary/aromatic N) is 2. The van der Waals surface area contributed by atoms with E-state index in [0.29, 0.717) is 24.1 Å². The van der Waals surface area contributed by atoms with Gasteiger partial charge in [-0.05, 0) is 49.9 Å². The topological polar surface area (TPSA) is 158 Å². The number of amides is 3. The quantitative estimate of drug-likeness (QED) is 0.348. The summed E-state index contributed by atoms with van der Waals surface area (Å²) in [5.74, 6) is 0.0128. The Morgan fingerprint density at radius 1 is 1.27 bits per heavy atom. The van der Waals surface area contributed by atoms with Crippen LogP contribution in [0.2, 0.25) is 0 Å². The number of urea groups is 1. The van der Waals surface area contributed by atoms with Gasteiger partial charge in [-0.2, -0.15) is 13.5 Å². The lowest BCUT2D eigenvalue weighted by Gasteiger charge is -2.37. The monoisotopic (exact) mass is 484 g/mol. The van der Waals surface area contributed by atoms with E-state index in [2.05, 4.69) is 14.9 Å². The SMILES string of the molecule is O=C1N(OS(=O)(=O)O)C2CCC(O)(C(=O)NCCc3ccc(OC[C@@H]4CCCN4)cc3)N1C2. The summed E-state index contributed by atoms with van der Waals surface area (Å²) >= 11 is 0. The van der Waals surface area contributed by atoms with Gasteiger partial charge >= 0.3 is 16.4 Å². The molecule has 3 saturated heterocycles. The van der Waals surface area contributed by atoms with Crippen molar-refractivity contribution in [1.29, 1.82) is 0 Å². The highest BCUT2D eigenvalue weighted by Crippen LogP contribution is 2.36. The largest absolute Gasteiger partial charge is 0.492 e. The smallest absolute Gasteiger partial charge is 0.418 e. The highest BCUT2D eigenvalue weighted by atomic mass is 32.3. The molecule has 1 aromatic rings. The number of benzene rings is 1. The summed E-state index contributed by atoms with van der Waals surface area (Å²) in [5, 5.41) is 17.4. The van der Waals surface area contributed by atoms with Crippen LogP contribution in [0.3, 0.4) is 0 Å². The summed E-state index contributed by atoms with van der Waals surface area (Å²) in [7, 11) is -4.91. The molecule has 182 valence electrons. The molecule has 4 rings (SSSR count). The van der Waals surface area contributed by atoms with Gasteiger partial charge in [0.05, 0.1) is 6.04 Å². The van der Waals surface area contributed by atoms with E-state index in [1.54, 1.807) is 0 Å². The number of hydroxylamine groups is 2. The fraction of sp³-hybridized carbons (Fsp3) is 0.600. The molecule has 0 aliphatic carbocycles. The van der Waals surface area contributed by atoms with Gasteiger partial charge < -0.3 is 20.5 Å². The minimum absolute atomic E-state index is 0.0948. The second kappa shape index (κ2) is 9.43. The van der Waals surface area contributed by atoms with Crippen LogP contribution in [0.15, 0.2) is 24.3 Å². The Morgan fingerprint density at radius 2 is 2.03 bits per heavy atom. The van der Waals surface area contributed by atoms with Crippen molar-refractivity contribution in [2.75, 3.05) is 26.2 Å². The van der Waals surface area contributed by atoms with Crippen LogP contribution in [0.1, 0.15) is 31.2 Å². The summed E-state index contributed by atoms with van der Waals surface area (Å²) in [4.78, 5) is 26.0. The number of rotatable bonds is 9. The molecular weight excluding hydrogens is 456 g/mol. The molecule has 0 spiro atoms. The van der Waals surface area contributed by atoms with Crippen molar-refractivity contribution >= 4 is 22.3 Å². The van der Waals surface area contributed by atoms with Crippen LogP contribution in [0.4, 0.5) is 4.79 Å². The Morgan fingerprint density at radius 3 is 2.70 bits per heavy atom. The molecule has 3 fully saturated rings. The molecule has 2 unspecified atom stereocenters. The first kappa shape index (κ1) is 23.7. The van der Waals surface area contributed by atoms with E-state index in [0.717, 1.165) is 35.6 Å². The van der Waals surface area contributed by atoms with Crippen molar-refractivity contribution in [2.45, 2.75) is 49.9 Å². The molecule has 3 amide bonds. The predicted octanol–water partition coefficient (Wildman–Crippen LogP) is -0.201. The average Bonchev–Trinajstić information content (AvgIpc) is 3.38. The Balaban J connectivity index is 1.27. The molecule has 3 aliphatic heterocycles. The Bertz CT molecular complexity index is 982. The standard InChI is InChI=1S/C20H28N4O8S/c25-18(20(27)9-7-16-12-23(20)19(26)24(16)32-33(28,29)30)22-11-8-14-3-5-17(6-4-14)31-13-15-2-1-10-21-15/h3-6,15-16,21,27H,1-2,7-13H2,(H,22,25)(H,28,29,30)/t15-,16?,20?/m0/s1. The summed E-state index contributed by atoms with van der Waals surface area (Å²) in [6.45, 7) is 1.77. The van der Waals surface area contributed by atoms with Gasteiger partial charge in [0.1, 0.15) is 12.4 Å². The molecule has 0 aromatic heterocycles. The summed E-state index contributed by atoms with van der Waals surface area (Å²) in [6.07, 6.45) is 2.80. The third-order valence-electron chi connectivity index (χ3n) is 6.19. The summed E-state index contributed by atoms with van der Waals surface area (Å²) in [5.41, 5.74) is -1.17. The zero-order valence-electron chi connectivity index (χ0n) is 18.0. The first-order chi connectivity index (χ1) is 15.7. The van der Waals surface area contributed by atoms with Gasteiger partial charge in [0.2, 0.25) is 5.72 Å². The first-order valence-electron chi connectivity index (χ1n) is 10.9. The second-order valence-corrected chi connectivity index (χ2v) is 9.49. The molecular formula is C20H28N4O8S. The third-order valence-corrected chi connectivity index (χ3v) is 6.54. The fourth-order valence-electron chi connectivity index (χ4n) is 4.40. The normalized spacial score (nSPS) is 27.2. The molecule has 3 heterocycles. The van der Waals surface area contributed by atoms with Crippen molar-refractivity contribution in [2.24, 2.45) is 0 Å². The number of hydrogen-bond acceptors (Lipinski definition) is 8. The first-order valence-corrected chi connectivity index (χ1v) is 12.3. The molecule has 13 heteroatoms. The van der Waals surface area contributed by atoms with Crippen LogP contribution >= 0.6 is 0 Å². The number of aliphatic hydroxyl groups is 1. The van der Waals surface area contributed by atoms with E-state index >= 15 is 0 Å². The van der Waals surface area contributed by atoms with E-state index in [-0.39, 0.29) is 25.9 Å². The Hall–Kier alpha value is -2.45. The maximum absolute atomic E-state index is 12.7. The van der Waals surface area contributed by atoms with E-state index in [4.69, 9.17) is 9.29 Å². The fourth-order valence-corrected chi connectivity index (χ4v) is 4.79. The zero-order valence-corrected chi connectivity index (χ0v) is 18.8. The maximum atomic E-state index is 12.7. The number of ether oxygens (including phenoxy) is 1. The van der Waals surface area contributed by atoms with Gasteiger partial charge in [0.15, 0.2) is 0 Å². The number of carbonyl (C=O) groups excluding carboxylic acids is 2. The molecule has 12 nitrogen and oxygen atoms in total. The van der Waals surface area contributed by atoms with Crippen LogP contribution in [0.5, 0.6) is 5.75 Å². The lowest BCUT2D eigenvalue weighted by atomic mass is 9.96. The average molecular weight is 485 g/mol. The molecule has 0 saturated carbocycles. The molecule has 0 radical (unpaired) electrons. The van der Waals surface area contributed by atoms with Crippen LogP contribution in [-0.2, 0) is 25.9 Å². The van der Waals surface area contributed by atoms with Crippen molar-refractivity contribution in [3.63, 3.8) is 0 Å². The van der Waals surface area contributed by atoms with Crippen molar-refractivity contribution < 1.29 is 36.7 Å². The molecule has 3 atom stereocenters. The van der Waals surface area contributed by atoms with Crippen molar-refractivity contribution in [1.82, 2.24) is 20.6 Å². The van der Waals surface area contributed by atoms with Gasteiger partial charge in [-0.25, -0.2) is 4.79 Å².